The number of fused-ring (bicyclic) bond motifs is 1. The summed E-state index contributed by atoms with van der Waals surface area (Å²) in [6.07, 6.45) is 2.52. The van der Waals surface area contributed by atoms with E-state index in [1.54, 1.807) is 6.33 Å². The van der Waals surface area contributed by atoms with Crippen molar-refractivity contribution in [3.8, 4) is 0 Å². The van der Waals surface area contributed by atoms with Crippen LogP contribution in [-0.2, 0) is 7.05 Å². The molecule has 2 aromatic rings. The fourth-order valence-corrected chi connectivity index (χ4v) is 1.98. The number of carbonyl (C=O) groups excluding carboxylic acids is 1. The Bertz CT molecular complexity index is 541. The maximum Gasteiger partial charge on any atom is 0.167 e. The normalized spacial score (nSPS) is 12.9. The number of nitrogens with zero attached hydrogens (tertiary/aromatic N) is 2. The molecule has 0 fully saturated rings. The van der Waals surface area contributed by atoms with Crippen LogP contribution < -0.4 is 5.73 Å². The van der Waals surface area contributed by atoms with E-state index >= 15 is 0 Å². The fourth-order valence-electron chi connectivity index (χ4n) is 1.98. The molecular formula is C13H17N3O. The van der Waals surface area contributed by atoms with Gasteiger partial charge in [0.2, 0.25) is 0 Å². The number of ketones is 1. The molecule has 1 heterocycles. The number of aryl methyl sites for hydroxylation is 1. The first kappa shape index (κ1) is 11.8. The van der Waals surface area contributed by atoms with Crippen LogP contribution in [0.4, 0.5) is 0 Å². The van der Waals surface area contributed by atoms with Gasteiger partial charge in [0.05, 0.1) is 17.4 Å². The molecule has 0 saturated carbocycles. The molecule has 0 radical (unpaired) electrons. The Morgan fingerprint density at radius 2 is 2.29 bits per heavy atom. The number of carbonyl (C=O) groups is 1. The standard InChI is InChI=1S/C13H17N3O/c1-3-9(7-14)13(17)10-4-5-12-11(6-10)15-8-16(12)2/h4-6,8-9H,3,7,14H2,1-2H3. The van der Waals surface area contributed by atoms with Gasteiger partial charge in [-0.25, -0.2) is 4.98 Å². The molecule has 1 unspecified atom stereocenters. The molecule has 2 N–H and O–H groups in total. The quantitative estimate of drug-likeness (QED) is 0.815. The molecule has 0 spiro atoms. The van der Waals surface area contributed by atoms with E-state index in [4.69, 9.17) is 5.73 Å². The molecule has 0 amide bonds. The number of Topliss-reactive ketones (excluding diaryl/α,β-unsaturated/α-hetero) is 1. The molecule has 17 heavy (non-hydrogen) atoms. The van der Waals surface area contributed by atoms with Crippen LogP contribution in [-0.4, -0.2) is 21.9 Å². The third-order valence-corrected chi connectivity index (χ3v) is 3.16. The summed E-state index contributed by atoms with van der Waals surface area (Å²) in [5, 5.41) is 0. The van der Waals surface area contributed by atoms with Gasteiger partial charge in [-0.15, -0.1) is 0 Å². The zero-order chi connectivity index (χ0) is 12.4. The molecule has 0 aliphatic rings. The number of rotatable bonds is 4. The first-order chi connectivity index (χ1) is 8.17. The van der Waals surface area contributed by atoms with Gasteiger partial charge in [0.15, 0.2) is 5.78 Å². The van der Waals surface area contributed by atoms with E-state index < -0.39 is 0 Å². The Morgan fingerprint density at radius 1 is 1.53 bits per heavy atom. The number of imidazole rings is 1. The Balaban J connectivity index is 2.39. The Hall–Kier alpha value is -1.68. The van der Waals surface area contributed by atoms with E-state index in [0.29, 0.717) is 12.1 Å². The van der Waals surface area contributed by atoms with E-state index in [-0.39, 0.29) is 11.7 Å². The maximum absolute atomic E-state index is 12.1. The van der Waals surface area contributed by atoms with Gasteiger partial charge in [0, 0.05) is 25.1 Å². The molecule has 1 atom stereocenters. The topological polar surface area (TPSA) is 60.9 Å². The van der Waals surface area contributed by atoms with Crippen molar-refractivity contribution in [2.45, 2.75) is 13.3 Å². The van der Waals surface area contributed by atoms with E-state index in [2.05, 4.69) is 4.98 Å². The SMILES string of the molecule is CCC(CN)C(=O)c1ccc2c(c1)ncn2C. The highest BCUT2D eigenvalue weighted by atomic mass is 16.1. The van der Waals surface area contributed by atoms with Gasteiger partial charge in [0.25, 0.3) is 0 Å². The molecule has 1 aromatic carbocycles. The van der Waals surface area contributed by atoms with Crippen LogP contribution >= 0.6 is 0 Å². The number of nitrogens with two attached hydrogens (primary N) is 1. The minimum absolute atomic E-state index is 0.0869. The van der Waals surface area contributed by atoms with Crippen molar-refractivity contribution in [1.29, 1.82) is 0 Å². The van der Waals surface area contributed by atoms with Gasteiger partial charge in [0.1, 0.15) is 0 Å². The summed E-state index contributed by atoms with van der Waals surface area (Å²) in [7, 11) is 1.94. The molecule has 90 valence electrons. The lowest BCUT2D eigenvalue weighted by atomic mass is 9.95. The van der Waals surface area contributed by atoms with Gasteiger partial charge < -0.3 is 10.3 Å². The highest BCUT2D eigenvalue weighted by Gasteiger charge is 2.17. The van der Waals surface area contributed by atoms with E-state index in [1.165, 1.54) is 0 Å². The molecule has 0 aliphatic carbocycles. The van der Waals surface area contributed by atoms with Crippen molar-refractivity contribution in [2.75, 3.05) is 6.54 Å². The monoisotopic (exact) mass is 231 g/mol. The zero-order valence-electron chi connectivity index (χ0n) is 10.2. The van der Waals surface area contributed by atoms with Gasteiger partial charge in [-0.1, -0.05) is 6.92 Å². The van der Waals surface area contributed by atoms with Gasteiger partial charge >= 0.3 is 0 Å². The average molecular weight is 231 g/mol. The smallest absolute Gasteiger partial charge is 0.167 e. The molecule has 4 nitrogen and oxygen atoms in total. The van der Waals surface area contributed by atoms with E-state index in [1.807, 2.05) is 36.7 Å². The first-order valence-corrected chi connectivity index (χ1v) is 5.82. The van der Waals surface area contributed by atoms with Crippen molar-refractivity contribution in [1.82, 2.24) is 9.55 Å². The molecule has 0 saturated heterocycles. The molecular weight excluding hydrogens is 214 g/mol. The number of hydrogen-bond acceptors (Lipinski definition) is 3. The van der Waals surface area contributed by atoms with Crippen LogP contribution in [0.15, 0.2) is 24.5 Å². The predicted molar refractivity (Wildman–Crippen MR) is 67.9 cm³/mol. The summed E-state index contributed by atoms with van der Waals surface area (Å²) in [6.45, 7) is 2.38. The van der Waals surface area contributed by atoms with Crippen molar-refractivity contribution < 1.29 is 4.79 Å². The highest BCUT2D eigenvalue weighted by Crippen LogP contribution is 2.17. The Kier molecular flexibility index (Phi) is 3.24. The summed E-state index contributed by atoms with van der Waals surface area (Å²) in [5.41, 5.74) is 8.18. The third-order valence-electron chi connectivity index (χ3n) is 3.16. The summed E-state index contributed by atoms with van der Waals surface area (Å²) < 4.78 is 1.93. The van der Waals surface area contributed by atoms with Gasteiger partial charge in [-0.3, -0.25) is 4.79 Å². The Labute approximate surface area is 100 Å². The Morgan fingerprint density at radius 3 is 2.94 bits per heavy atom. The summed E-state index contributed by atoms with van der Waals surface area (Å²) in [5.74, 6) is 0.0266. The van der Waals surface area contributed by atoms with Crippen LogP contribution in [0.1, 0.15) is 23.7 Å². The fraction of sp³-hybridized carbons (Fsp3) is 0.385. The van der Waals surface area contributed by atoms with Crippen molar-refractivity contribution in [3.05, 3.63) is 30.1 Å². The zero-order valence-corrected chi connectivity index (χ0v) is 10.2. The van der Waals surface area contributed by atoms with Gasteiger partial charge in [-0.2, -0.15) is 0 Å². The average Bonchev–Trinajstić information content (AvgIpc) is 2.72. The molecule has 0 aliphatic heterocycles. The second-order valence-electron chi connectivity index (χ2n) is 4.26. The maximum atomic E-state index is 12.1. The minimum Gasteiger partial charge on any atom is -0.334 e. The molecule has 0 bridgehead atoms. The van der Waals surface area contributed by atoms with Crippen molar-refractivity contribution in [3.63, 3.8) is 0 Å². The summed E-state index contributed by atoms with van der Waals surface area (Å²) >= 11 is 0. The predicted octanol–water partition coefficient (Wildman–Crippen LogP) is 1.74. The molecule has 4 heteroatoms. The summed E-state index contributed by atoms with van der Waals surface area (Å²) in [4.78, 5) is 16.4. The van der Waals surface area contributed by atoms with Crippen LogP contribution in [0.25, 0.3) is 11.0 Å². The molecule has 1 aromatic heterocycles. The minimum atomic E-state index is -0.0869. The van der Waals surface area contributed by atoms with Crippen molar-refractivity contribution >= 4 is 16.8 Å². The van der Waals surface area contributed by atoms with Crippen LogP contribution in [0, 0.1) is 5.92 Å². The largest absolute Gasteiger partial charge is 0.334 e. The van der Waals surface area contributed by atoms with Crippen LogP contribution in [0.3, 0.4) is 0 Å². The van der Waals surface area contributed by atoms with Gasteiger partial charge in [-0.05, 0) is 24.6 Å². The number of hydrogen-bond donors (Lipinski definition) is 1. The lowest BCUT2D eigenvalue weighted by molar-refractivity contribution is 0.0921. The number of aromatic nitrogens is 2. The van der Waals surface area contributed by atoms with E-state index in [9.17, 15) is 4.79 Å². The number of benzene rings is 1. The van der Waals surface area contributed by atoms with Crippen LogP contribution in [0.2, 0.25) is 0 Å². The molecule has 2 rings (SSSR count). The van der Waals surface area contributed by atoms with Crippen LogP contribution in [0.5, 0.6) is 0 Å². The van der Waals surface area contributed by atoms with Crippen molar-refractivity contribution in [2.24, 2.45) is 18.7 Å². The highest BCUT2D eigenvalue weighted by molar-refractivity contribution is 6.00. The summed E-state index contributed by atoms with van der Waals surface area (Å²) in [6, 6.07) is 5.62. The second kappa shape index (κ2) is 4.67. The second-order valence-corrected chi connectivity index (χ2v) is 4.26. The lowest BCUT2D eigenvalue weighted by Crippen LogP contribution is -2.23. The lowest BCUT2D eigenvalue weighted by Gasteiger charge is -2.10. The third kappa shape index (κ3) is 2.08. The first-order valence-electron chi connectivity index (χ1n) is 5.82. The van der Waals surface area contributed by atoms with E-state index in [0.717, 1.165) is 17.5 Å².